The van der Waals surface area contributed by atoms with Crippen molar-refractivity contribution in [1.82, 2.24) is 20.4 Å². The van der Waals surface area contributed by atoms with Crippen molar-refractivity contribution in [2.75, 3.05) is 27.2 Å². The fourth-order valence-electron chi connectivity index (χ4n) is 1.84. The van der Waals surface area contributed by atoms with Crippen LogP contribution in [0.15, 0.2) is 0 Å². The molecule has 0 rings (SSSR count). The molecule has 0 aliphatic heterocycles. The standard InChI is InChI=1S/C18H38N4O2/c1-17(2,3)21(7)15(23)19-13-11-9-10-12-14-20-16(24)22(8)18(4,5)6/h9-14H2,1-8H3,(H,19,23)(H,20,24). The van der Waals surface area contributed by atoms with Crippen LogP contribution in [0.1, 0.15) is 67.2 Å². The summed E-state index contributed by atoms with van der Waals surface area (Å²) in [6.07, 6.45) is 4.01. The molecular formula is C18H38N4O2. The fraction of sp³-hybridized carbons (Fsp3) is 0.889. The number of carbonyl (C=O) groups excluding carboxylic acids is 2. The average Bonchev–Trinajstić information content (AvgIpc) is 2.45. The van der Waals surface area contributed by atoms with Crippen LogP contribution in [0.5, 0.6) is 0 Å². The molecule has 0 aliphatic carbocycles. The van der Waals surface area contributed by atoms with Crippen molar-refractivity contribution in [3.8, 4) is 0 Å². The first-order valence-electron chi connectivity index (χ1n) is 8.90. The molecule has 0 heterocycles. The number of nitrogens with zero attached hydrogens (tertiary/aromatic N) is 2. The molecule has 0 spiro atoms. The number of rotatable bonds is 7. The first kappa shape index (κ1) is 22.5. The van der Waals surface area contributed by atoms with E-state index in [2.05, 4.69) is 10.6 Å². The first-order valence-corrected chi connectivity index (χ1v) is 8.90. The number of nitrogens with one attached hydrogen (secondary N) is 2. The van der Waals surface area contributed by atoms with Gasteiger partial charge in [-0.15, -0.1) is 0 Å². The van der Waals surface area contributed by atoms with E-state index in [9.17, 15) is 9.59 Å². The van der Waals surface area contributed by atoms with Gasteiger partial charge < -0.3 is 20.4 Å². The number of unbranched alkanes of at least 4 members (excludes halogenated alkanes) is 3. The van der Waals surface area contributed by atoms with E-state index in [1.54, 1.807) is 9.80 Å². The summed E-state index contributed by atoms with van der Waals surface area (Å²) in [4.78, 5) is 27.2. The van der Waals surface area contributed by atoms with Crippen molar-refractivity contribution in [2.24, 2.45) is 0 Å². The number of amides is 4. The highest BCUT2D eigenvalue weighted by atomic mass is 16.2. The van der Waals surface area contributed by atoms with Crippen LogP contribution in [0.2, 0.25) is 0 Å². The molecule has 2 N–H and O–H groups in total. The topological polar surface area (TPSA) is 64.7 Å². The Hall–Kier alpha value is -1.46. The lowest BCUT2D eigenvalue weighted by Gasteiger charge is -2.32. The molecule has 0 aromatic heterocycles. The molecule has 0 aliphatic rings. The maximum atomic E-state index is 11.9. The van der Waals surface area contributed by atoms with E-state index in [4.69, 9.17) is 0 Å². The minimum absolute atomic E-state index is 0.0278. The summed E-state index contributed by atoms with van der Waals surface area (Å²) >= 11 is 0. The maximum Gasteiger partial charge on any atom is 0.317 e. The molecule has 0 saturated carbocycles. The molecule has 0 radical (unpaired) electrons. The van der Waals surface area contributed by atoms with Crippen LogP contribution in [-0.4, -0.2) is 60.1 Å². The lowest BCUT2D eigenvalue weighted by Crippen LogP contribution is -2.48. The minimum atomic E-state index is -0.164. The van der Waals surface area contributed by atoms with Crippen molar-refractivity contribution >= 4 is 12.1 Å². The van der Waals surface area contributed by atoms with E-state index in [1.165, 1.54) is 0 Å². The molecule has 24 heavy (non-hydrogen) atoms. The monoisotopic (exact) mass is 342 g/mol. The second kappa shape index (κ2) is 9.74. The predicted molar refractivity (Wildman–Crippen MR) is 100 cm³/mol. The van der Waals surface area contributed by atoms with Gasteiger partial charge >= 0.3 is 12.1 Å². The van der Waals surface area contributed by atoms with Gasteiger partial charge in [0.1, 0.15) is 0 Å². The van der Waals surface area contributed by atoms with Gasteiger partial charge in [0, 0.05) is 38.3 Å². The van der Waals surface area contributed by atoms with E-state index >= 15 is 0 Å². The van der Waals surface area contributed by atoms with Crippen molar-refractivity contribution in [2.45, 2.75) is 78.3 Å². The molecule has 6 heteroatoms. The zero-order valence-corrected chi connectivity index (χ0v) is 17.0. The Morgan fingerprint density at radius 2 is 0.958 bits per heavy atom. The third-order valence-corrected chi connectivity index (χ3v) is 4.28. The Bertz CT molecular complexity index is 359. The summed E-state index contributed by atoms with van der Waals surface area (Å²) in [5.41, 5.74) is -0.328. The molecule has 0 unspecified atom stereocenters. The summed E-state index contributed by atoms with van der Waals surface area (Å²) in [5.74, 6) is 0. The highest BCUT2D eigenvalue weighted by Gasteiger charge is 2.22. The number of hydrogen-bond acceptors (Lipinski definition) is 2. The Balaban J connectivity index is 3.69. The van der Waals surface area contributed by atoms with Crippen molar-refractivity contribution in [1.29, 1.82) is 0 Å². The van der Waals surface area contributed by atoms with Gasteiger partial charge in [0.25, 0.3) is 0 Å². The molecule has 0 bridgehead atoms. The summed E-state index contributed by atoms with van der Waals surface area (Å²) in [7, 11) is 3.62. The van der Waals surface area contributed by atoms with Gasteiger partial charge in [-0.1, -0.05) is 12.8 Å². The van der Waals surface area contributed by atoms with Crippen molar-refractivity contribution < 1.29 is 9.59 Å². The van der Waals surface area contributed by atoms with Gasteiger partial charge in [0.2, 0.25) is 0 Å². The molecule has 0 aromatic carbocycles. The second-order valence-electron chi connectivity index (χ2n) is 8.34. The third kappa shape index (κ3) is 8.99. The summed E-state index contributed by atoms with van der Waals surface area (Å²) in [5, 5.41) is 5.88. The van der Waals surface area contributed by atoms with Crippen LogP contribution in [0.4, 0.5) is 9.59 Å². The Morgan fingerprint density at radius 3 is 1.21 bits per heavy atom. The average molecular weight is 343 g/mol. The summed E-state index contributed by atoms with van der Waals surface area (Å²) in [6, 6.07) is -0.0556. The molecule has 0 atom stereocenters. The van der Waals surface area contributed by atoms with Crippen molar-refractivity contribution in [3.63, 3.8) is 0 Å². The number of hydrogen-bond donors (Lipinski definition) is 2. The smallest absolute Gasteiger partial charge is 0.317 e. The van der Waals surface area contributed by atoms with E-state index in [1.807, 2.05) is 55.6 Å². The zero-order chi connectivity index (χ0) is 19.0. The zero-order valence-electron chi connectivity index (χ0n) is 17.0. The molecule has 4 amide bonds. The normalized spacial score (nSPS) is 11.8. The van der Waals surface area contributed by atoms with E-state index in [0.29, 0.717) is 13.1 Å². The summed E-state index contributed by atoms with van der Waals surface area (Å²) in [6.45, 7) is 13.5. The molecule has 0 fully saturated rings. The quantitative estimate of drug-likeness (QED) is 0.696. The Morgan fingerprint density at radius 1 is 0.667 bits per heavy atom. The van der Waals surface area contributed by atoms with E-state index in [-0.39, 0.29) is 23.1 Å². The predicted octanol–water partition coefficient (Wildman–Crippen LogP) is 3.43. The number of urea groups is 2. The molecule has 142 valence electrons. The first-order chi connectivity index (χ1) is 10.9. The maximum absolute atomic E-state index is 11.9. The largest absolute Gasteiger partial charge is 0.338 e. The van der Waals surface area contributed by atoms with Crippen LogP contribution in [0, 0.1) is 0 Å². The van der Waals surface area contributed by atoms with Gasteiger partial charge in [0.05, 0.1) is 0 Å². The molecule has 0 saturated heterocycles. The van der Waals surface area contributed by atoms with Crippen LogP contribution in [-0.2, 0) is 0 Å². The van der Waals surface area contributed by atoms with Gasteiger partial charge in [0.15, 0.2) is 0 Å². The Kier molecular flexibility index (Phi) is 9.15. The lowest BCUT2D eigenvalue weighted by atomic mass is 10.1. The van der Waals surface area contributed by atoms with Crippen molar-refractivity contribution in [3.05, 3.63) is 0 Å². The molecule has 6 nitrogen and oxygen atoms in total. The van der Waals surface area contributed by atoms with Crippen LogP contribution in [0.3, 0.4) is 0 Å². The van der Waals surface area contributed by atoms with Gasteiger partial charge in [-0.05, 0) is 54.4 Å². The SMILES string of the molecule is CN(C(=O)NCCCCCCNC(=O)N(C)C(C)(C)C)C(C)(C)C. The molecule has 0 aromatic rings. The molecular weight excluding hydrogens is 304 g/mol. The van der Waals surface area contributed by atoms with Gasteiger partial charge in [-0.2, -0.15) is 0 Å². The van der Waals surface area contributed by atoms with Gasteiger partial charge in [-0.25, -0.2) is 9.59 Å². The lowest BCUT2D eigenvalue weighted by molar-refractivity contribution is 0.164. The van der Waals surface area contributed by atoms with E-state index < -0.39 is 0 Å². The second-order valence-corrected chi connectivity index (χ2v) is 8.34. The van der Waals surface area contributed by atoms with Gasteiger partial charge in [-0.3, -0.25) is 0 Å². The van der Waals surface area contributed by atoms with Crippen LogP contribution in [0.25, 0.3) is 0 Å². The van der Waals surface area contributed by atoms with Crippen LogP contribution < -0.4 is 10.6 Å². The van der Waals surface area contributed by atoms with Crippen LogP contribution >= 0.6 is 0 Å². The highest BCUT2D eigenvalue weighted by Crippen LogP contribution is 2.11. The highest BCUT2D eigenvalue weighted by molar-refractivity contribution is 5.75. The minimum Gasteiger partial charge on any atom is -0.338 e. The Labute approximate surface area is 148 Å². The fourth-order valence-corrected chi connectivity index (χ4v) is 1.84. The number of carbonyl (C=O) groups is 2. The van der Waals surface area contributed by atoms with E-state index in [0.717, 1.165) is 25.7 Å². The third-order valence-electron chi connectivity index (χ3n) is 4.28. The summed E-state index contributed by atoms with van der Waals surface area (Å²) < 4.78 is 0.